The molecule has 0 radical (unpaired) electrons. The SMILES string of the molecule is COc1ccc(C)cc1N(C(=O)C=Cc1cccs1)c1nc2ccccc2s1. The maximum atomic E-state index is 13.3. The van der Waals surface area contributed by atoms with E-state index in [-0.39, 0.29) is 5.91 Å². The lowest BCUT2D eigenvalue weighted by Gasteiger charge is -2.21. The molecule has 0 N–H and O–H groups in total. The second-order valence-corrected chi connectivity index (χ2v) is 8.15. The van der Waals surface area contributed by atoms with Crippen molar-refractivity contribution in [2.75, 3.05) is 12.0 Å². The van der Waals surface area contributed by atoms with Gasteiger partial charge in [-0.2, -0.15) is 0 Å². The predicted octanol–water partition coefficient (Wildman–Crippen LogP) is 6.05. The first kappa shape index (κ1) is 18.4. The van der Waals surface area contributed by atoms with Crippen LogP contribution in [0, 0.1) is 6.92 Å². The number of methoxy groups -OCH3 is 1. The van der Waals surface area contributed by atoms with Gasteiger partial charge in [0.05, 0.1) is 23.0 Å². The molecule has 4 aromatic rings. The lowest BCUT2D eigenvalue weighted by Crippen LogP contribution is -2.24. The van der Waals surface area contributed by atoms with Crippen molar-refractivity contribution in [3.63, 3.8) is 0 Å². The summed E-state index contributed by atoms with van der Waals surface area (Å²) in [5.41, 5.74) is 2.59. The number of hydrogen-bond donors (Lipinski definition) is 0. The van der Waals surface area contributed by atoms with E-state index >= 15 is 0 Å². The van der Waals surface area contributed by atoms with Crippen molar-refractivity contribution in [1.29, 1.82) is 0 Å². The van der Waals surface area contributed by atoms with Gasteiger partial charge >= 0.3 is 0 Å². The number of aryl methyl sites for hydroxylation is 1. The van der Waals surface area contributed by atoms with Gasteiger partial charge in [-0.15, -0.1) is 11.3 Å². The molecule has 0 atom stereocenters. The van der Waals surface area contributed by atoms with Crippen molar-refractivity contribution >= 4 is 55.7 Å². The second-order valence-electron chi connectivity index (χ2n) is 6.16. The number of carbonyl (C=O) groups is 1. The molecule has 4 rings (SSSR count). The van der Waals surface area contributed by atoms with Crippen LogP contribution in [0.5, 0.6) is 5.75 Å². The van der Waals surface area contributed by atoms with Crippen LogP contribution in [0.1, 0.15) is 10.4 Å². The van der Waals surface area contributed by atoms with E-state index in [1.54, 1.807) is 29.4 Å². The summed E-state index contributed by atoms with van der Waals surface area (Å²) in [5.74, 6) is 0.457. The Morgan fingerprint density at radius 2 is 2.00 bits per heavy atom. The van der Waals surface area contributed by atoms with E-state index in [0.29, 0.717) is 16.6 Å². The molecule has 0 aliphatic heterocycles. The van der Waals surface area contributed by atoms with E-state index < -0.39 is 0 Å². The van der Waals surface area contributed by atoms with Crippen molar-refractivity contribution in [1.82, 2.24) is 4.98 Å². The number of anilines is 2. The Bertz CT molecular complexity index is 1110. The highest BCUT2D eigenvalue weighted by Crippen LogP contribution is 2.38. The Morgan fingerprint density at radius 3 is 2.75 bits per heavy atom. The minimum atomic E-state index is -0.170. The first-order chi connectivity index (χ1) is 13.7. The third-order valence-electron chi connectivity index (χ3n) is 4.20. The molecule has 0 aliphatic carbocycles. The zero-order chi connectivity index (χ0) is 19.5. The van der Waals surface area contributed by atoms with Gasteiger partial charge in [0.2, 0.25) is 0 Å². The average Bonchev–Trinajstić information content (AvgIpc) is 3.36. The summed E-state index contributed by atoms with van der Waals surface area (Å²) in [6.45, 7) is 1.99. The molecule has 4 nitrogen and oxygen atoms in total. The maximum absolute atomic E-state index is 13.3. The van der Waals surface area contributed by atoms with E-state index in [1.165, 1.54) is 11.3 Å². The van der Waals surface area contributed by atoms with Gasteiger partial charge in [-0.1, -0.05) is 35.6 Å². The minimum Gasteiger partial charge on any atom is -0.495 e. The summed E-state index contributed by atoms with van der Waals surface area (Å²) in [6.07, 6.45) is 3.41. The highest BCUT2D eigenvalue weighted by atomic mass is 32.1. The molecule has 0 bridgehead atoms. The fourth-order valence-electron chi connectivity index (χ4n) is 2.86. The predicted molar refractivity (Wildman–Crippen MR) is 118 cm³/mol. The molecule has 2 heterocycles. The largest absolute Gasteiger partial charge is 0.495 e. The van der Waals surface area contributed by atoms with Crippen molar-refractivity contribution in [3.8, 4) is 5.75 Å². The normalized spacial score (nSPS) is 11.2. The molecule has 0 saturated heterocycles. The summed E-state index contributed by atoms with van der Waals surface area (Å²) < 4.78 is 6.57. The number of fused-ring (bicyclic) bond motifs is 1. The topological polar surface area (TPSA) is 42.4 Å². The molecule has 140 valence electrons. The molecule has 0 saturated carbocycles. The second kappa shape index (κ2) is 7.96. The van der Waals surface area contributed by atoms with E-state index in [9.17, 15) is 4.79 Å². The van der Waals surface area contributed by atoms with Gasteiger partial charge in [-0.3, -0.25) is 4.79 Å². The summed E-state index contributed by atoms with van der Waals surface area (Å²) in [5, 5.41) is 2.60. The number of thiophene rings is 1. The smallest absolute Gasteiger partial charge is 0.257 e. The third-order valence-corrected chi connectivity index (χ3v) is 6.06. The number of hydrogen-bond acceptors (Lipinski definition) is 5. The van der Waals surface area contributed by atoms with Crippen LogP contribution in [0.2, 0.25) is 0 Å². The first-order valence-corrected chi connectivity index (χ1v) is 10.4. The lowest BCUT2D eigenvalue weighted by atomic mass is 10.2. The van der Waals surface area contributed by atoms with Gasteiger partial charge in [-0.25, -0.2) is 9.88 Å². The molecule has 6 heteroatoms. The molecular weight excluding hydrogens is 388 g/mol. The molecule has 2 aromatic heterocycles. The number of nitrogens with zero attached hydrogens (tertiary/aromatic N) is 2. The lowest BCUT2D eigenvalue weighted by molar-refractivity contribution is -0.113. The molecule has 0 unspecified atom stereocenters. The maximum Gasteiger partial charge on any atom is 0.257 e. The number of carbonyl (C=O) groups excluding carboxylic acids is 1. The number of amides is 1. The summed E-state index contributed by atoms with van der Waals surface area (Å²) in [6, 6.07) is 17.6. The molecule has 0 fully saturated rings. The summed E-state index contributed by atoms with van der Waals surface area (Å²) in [7, 11) is 1.61. The van der Waals surface area contributed by atoms with Crippen LogP contribution in [0.3, 0.4) is 0 Å². The highest BCUT2D eigenvalue weighted by molar-refractivity contribution is 7.22. The fraction of sp³-hybridized carbons (Fsp3) is 0.0909. The van der Waals surface area contributed by atoms with Crippen LogP contribution in [0.4, 0.5) is 10.8 Å². The van der Waals surface area contributed by atoms with E-state index in [4.69, 9.17) is 9.72 Å². The van der Waals surface area contributed by atoms with Gasteiger partial charge in [0.25, 0.3) is 5.91 Å². The zero-order valence-electron chi connectivity index (χ0n) is 15.5. The Labute approximate surface area is 171 Å². The van der Waals surface area contributed by atoms with Gasteiger partial charge in [0.1, 0.15) is 5.75 Å². The number of rotatable bonds is 5. The van der Waals surface area contributed by atoms with Crippen LogP contribution in [0.15, 0.2) is 66.1 Å². The van der Waals surface area contributed by atoms with Crippen molar-refractivity contribution in [3.05, 3.63) is 76.5 Å². The third kappa shape index (κ3) is 3.69. The highest BCUT2D eigenvalue weighted by Gasteiger charge is 2.23. The van der Waals surface area contributed by atoms with E-state index in [2.05, 4.69) is 0 Å². The Kier molecular flexibility index (Phi) is 5.23. The van der Waals surface area contributed by atoms with E-state index in [1.807, 2.05) is 73.0 Å². The molecular formula is C22H18N2O2S2. The minimum absolute atomic E-state index is 0.170. The fourth-order valence-corrected chi connectivity index (χ4v) is 4.46. The average molecular weight is 407 g/mol. The monoisotopic (exact) mass is 406 g/mol. The van der Waals surface area contributed by atoms with Crippen LogP contribution >= 0.6 is 22.7 Å². The molecule has 1 amide bonds. The number of aromatic nitrogens is 1. The van der Waals surface area contributed by atoms with Gasteiger partial charge in [0.15, 0.2) is 5.13 Å². The van der Waals surface area contributed by atoms with Gasteiger partial charge < -0.3 is 4.74 Å². The molecule has 0 aliphatic rings. The molecule has 2 aromatic carbocycles. The van der Waals surface area contributed by atoms with Gasteiger partial charge in [0, 0.05) is 11.0 Å². The Hall–Kier alpha value is -2.96. The van der Waals surface area contributed by atoms with Crippen LogP contribution in [0.25, 0.3) is 16.3 Å². The standard InChI is InChI=1S/C22H18N2O2S2/c1-15-9-11-19(26-2)18(14-15)24(21(25)12-10-16-6-5-13-27-16)22-23-17-7-3-4-8-20(17)28-22/h3-14H,1-2H3. The molecule has 28 heavy (non-hydrogen) atoms. The van der Waals surface area contributed by atoms with Crippen LogP contribution < -0.4 is 9.64 Å². The van der Waals surface area contributed by atoms with E-state index in [0.717, 1.165) is 20.7 Å². The van der Waals surface area contributed by atoms with Gasteiger partial charge in [-0.05, 0) is 54.3 Å². The number of benzene rings is 2. The summed E-state index contributed by atoms with van der Waals surface area (Å²) in [4.78, 5) is 20.6. The number of para-hydroxylation sites is 1. The zero-order valence-corrected chi connectivity index (χ0v) is 17.1. The van der Waals surface area contributed by atoms with Crippen molar-refractivity contribution in [2.24, 2.45) is 0 Å². The first-order valence-electron chi connectivity index (χ1n) is 8.71. The van der Waals surface area contributed by atoms with Crippen LogP contribution in [-0.2, 0) is 4.79 Å². The number of thiazole rings is 1. The van der Waals surface area contributed by atoms with Crippen molar-refractivity contribution in [2.45, 2.75) is 6.92 Å². The Balaban J connectivity index is 1.83. The quantitative estimate of drug-likeness (QED) is 0.379. The van der Waals surface area contributed by atoms with Crippen molar-refractivity contribution < 1.29 is 9.53 Å². The summed E-state index contributed by atoms with van der Waals surface area (Å²) >= 11 is 3.07. The van der Waals surface area contributed by atoms with Crippen LogP contribution in [-0.4, -0.2) is 18.0 Å². The Morgan fingerprint density at radius 1 is 1.14 bits per heavy atom. The molecule has 0 spiro atoms. The number of ether oxygens (including phenoxy) is 1.